The van der Waals surface area contributed by atoms with Gasteiger partial charge in [0, 0.05) is 24.1 Å². The molecule has 0 heterocycles. The first-order valence-electron chi connectivity index (χ1n) is 5.02. The average Bonchev–Trinajstić information content (AvgIpc) is 2.18. The molecule has 0 aliphatic rings. The lowest BCUT2D eigenvalue weighted by Crippen LogP contribution is -2.33. The van der Waals surface area contributed by atoms with E-state index < -0.39 is 0 Å². The number of hydrogen-bond donors (Lipinski definition) is 1. The summed E-state index contributed by atoms with van der Waals surface area (Å²) in [5.74, 6) is 0. The van der Waals surface area contributed by atoms with Crippen LogP contribution in [0.3, 0.4) is 0 Å². The summed E-state index contributed by atoms with van der Waals surface area (Å²) >= 11 is 5.85. The Kier molecular flexibility index (Phi) is 4.58. The summed E-state index contributed by atoms with van der Waals surface area (Å²) in [6, 6.07) is 7.98. The number of halogens is 1. The van der Waals surface area contributed by atoms with Gasteiger partial charge in [-0.3, -0.25) is 5.32 Å². The summed E-state index contributed by atoms with van der Waals surface area (Å²) in [5.41, 5.74) is 1.36. The Bertz CT molecular complexity index is 295. The highest BCUT2D eigenvalue weighted by Crippen LogP contribution is 2.23. The number of hydrogen-bond acceptors (Lipinski definition) is 2. The predicted molar refractivity (Wildman–Crippen MR) is 64.4 cm³/mol. The van der Waals surface area contributed by atoms with Crippen LogP contribution in [0.1, 0.15) is 19.4 Å². The second kappa shape index (κ2) is 5.50. The molecule has 0 amide bonds. The second-order valence-electron chi connectivity index (χ2n) is 4.25. The largest absolute Gasteiger partial charge is 0.370 e. The van der Waals surface area contributed by atoms with Crippen molar-refractivity contribution in [1.82, 2.24) is 5.32 Å². The van der Waals surface area contributed by atoms with Gasteiger partial charge in [0.15, 0.2) is 0 Å². The molecule has 1 N–H and O–H groups in total. The van der Waals surface area contributed by atoms with Crippen molar-refractivity contribution < 1.29 is 4.74 Å². The van der Waals surface area contributed by atoms with Crippen molar-refractivity contribution in [3.05, 3.63) is 34.9 Å². The minimum Gasteiger partial charge on any atom is -0.370 e. The van der Waals surface area contributed by atoms with Gasteiger partial charge in [0.25, 0.3) is 0 Å². The zero-order valence-electron chi connectivity index (χ0n) is 9.51. The molecule has 2 nitrogen and oxygen atoms in total. The van der Waals surface area contributed by atoms with Gasteiger partial charge in [-0.15, -0.1) is 0 Å². The van der Waals surface area contributed by atoms with Crippen molar-refractivity contribution in [2.45, 2.75) is 19.3 Å². The van der Waals surface area contributed by atoms with Crippen LogP contribution in [0.2, 0.25) is 5.02 Å². The molecule has 0 aromatic heterocycles. The highest BCUT2D eigenvalue weighted by atomic mass is 35.5. The van der Waals surface area contributed by atoms with E-state index in [2.05, 4.69) is 31.3 Å². The van der Waals surface area contributed by atoms with Gasteiger partial charge >= 0.3 is 0 Å². The van der Waals surface area contributed by atoms with Crippen LogP contribution in [0.5, 0.6) is 0 Å². The lowest BCUT2D eigenvalue weighted by Gasteiger charge is -2.25. The number of rotatable bonds is 5. The SMILES string of the molecule is COCNCC(C)(C)c1ccc(Cl)cc1. The van der Waals surface area contributed by atoms with E-state index in [9.17, 15) is 0 Å². The average molecular weight is 228 g/mol. The molecule has 1 aromatic rings. The number of ether oxygens (including phenoxy) is 1. The summed E-state index contributed by atoms with van der Waals surface area (Å²) < 4.78 is 4.96. The molecule has 15 heavy (non-hydrogen) atoms. The van der Waals surface area contributed by atoms with Gasteiger partial charge < -0.3 is 4.74 Å². The van der Waals surface area contributed by atoms with Gasteiger partial charge in [-0.2, -0.15) is 0 Å². The molecule has 0 aliphatic heterocycles. The molecule has 0 saturated heterocycles. The van der Waals surface area contributed by atoms with Crippen LogP contribution in [-0.4, -0.2) is 20.4 Å². The summed E-state index contributed by atoms with van der Waals surface area (Å²) in [7, 11) is 1.68. The minimum atomic E-state index is 0.0864. The van der Waals surface area contributed by atoms with E-state index in [1.165, 1.54) is 5.56 Å². The minimum absolute atomic E-state index is 0.0864. The fraction of sp³-hybridized carbons (Fsp3) is 0.500. The van der Waals surface area contributed by atoms with E-state index in [-0.39, 0.29) is 5.41 Å². The Morgan fingerprint density at radius 2 is 1.87 bits per heavy atom. The third kappa shape index (κ3) is 3.82. The van der Waals surface area contributed by atoms with Crippen LogP contribution >= 0.6 is 11.6 Å². The first kappa shape index (κ1) is 12.5. The van der Waals surface area contributed by atoms with Gasteiger partial charge in [0.05, 0.1) is 6.73 Å². The van der Waals surface area contributed by atoms with Crippen LogP contribution < -0.4 is 5.32 Å². The van der Waals surface area contributed by atoms with Crippen LogP contribution in [0.15, 0.2) is 24.3 Å². The quantitative estimate of drug-likeness (QED) is 0.617. The molecule has 1 rings (SSSR count). The van der Waals surface area contributed by atoms with E-state index >= 15 is 0 Å². The molecule has 0 bridgehead atoms. The predicted octanol–water partition coefficient (Wildman–Crippen LogP) is 2.81. The number of nitrogens with one attached hydrogen (secondary N) is 1. The molecule has 1 aromatic carbocycles. The van der Waals surface area contributed by atoms with Crippen molar-refractivity contribution >= 4 is 11.6 Å². The smallest absolute Gasteiger partial charge is 0.0961 e. The third-order valence-electron chi connectivity index (χ3n) is 2.44. The monoisotopic (exact) mass is 227 g/mol. The summed E-state index contributed by atoms with van der Waals surface area (Å²) in [4.78, 5) is 0. The van der Waals surface area contributed by atoms with Crippen molar-refractivity contribution in [2.75, 3.05) is 20.4 Å². The van der Waals surface area contributed by atoms with Gasteiger partial charge in [0.1, 0.15) is 0 Å². The Hall–Kier alpha value is -0.570. The fourth-order valence-electron chi connectivity index (χ4n) is 1.47. The molecule has 0 fully saturated rings. The molecule has 84 valence electrons. The summed E-state index contributed by atoms with van der Waals surface area (Å²) in [6.07, 6.45) is 0. The molecule has 0 aliphatic carbocycles. The Balaban J connectivity index is 2.63. The van der Waals surface area contributed by atoms with Gasteiger partial charge in [0.2, 0.25) is 0 Å². The lowest BCUT2D eigenvalue weighted by atomic mass is 9.85. The molecular formula is C12H18ClNO. The fourth-order valence-corrected chi connectivity index (χ4v) is 1.59. The molecule has 3 heteroatoms. The van der Waals surface area contributed by atoms with E-state index in [4.69, 9.17) is 16.3 Å². The molecule has 0 saturated carbocycles. The van der Waals surface area contributed by atoms with Gasteiger partial charge in [-0.05, 0) is 17.7 Å². The van der Waals surface area contributed by atoms with E-state index in [1.54, 1.807) is 7.11 Å². The highest BCUT2D eigenvalue weighted by molar-refractivity contribution is 6.30. The van der Waals surface area contributed by atoms with Crippen molar-refractivity contribution in [1.29, 1.82) is 0 Å². The van der Waals surface area contributed by atoms with E-state index in [1.807, 2.05) is 12.1 Å². The molecule has 0 unspecified atom stereocenters. The van der Waals surface area contributed by atoms with Crippen molar-refractivity contribution in [3.8, 4) is 0 Å². The molecule has 0 atom stereocenters. The zero-order valence-corrected chi connectivity index (χ0v) is 10.3. The lowest BCUT2D eigenvalue weighted by molar-refractivity contribution is 0.169. The normalized spacial score (nSPS) is 11.7. The number of methoxy groups -OCH3 is 1. The maximum atomic E-state index is 5.85. The first-order chi connectivity index (χ1) is 7.06. The number of benzene rings is 1. The standard InChI is InChI=1S/C12H18ClNO/c1-12(2,8-14-9-15-3)10-4-6-11(13)7-5-10/h4-7,14H,8-9H2,1-3H3. The Morgan fingerprint density at radius 3 is 2.40 bits per heavy atom. The van der Waals surface area contributed by atoms with Crippen molar-refractivity contribution in [3.63, 3.8) is 0 Å². The summed E-state index contributed by atoms with van der Waals surface area (Å²) in [5, 5.41) is 4.01. The van der Waals surface area contributed by atoms with Crippen LogP contribution in [0, 0.1) is 0 Å². The van der Waals surface area contributed by atoms with E-state index in [0.717, 1.165) is 11.6 Å². The van der Waals surface area contributed by atoms with Crippen LogP contribution in [0.25, 0.3) is 0 Å². The summed E-state index contributed by atoms with van der Waals surface area (Å²) in [6.45, 7) is 5.84. The Labute approximate surface area is 96.6 Å². The third-order valence-corrected chi connectivity index (χ3v) is 2.69. The maximum absolute atomic E-state index is 5.85. The Morgan fingerprint density at radius 1 is 1.27 bits per heavy atom. The van der Waals surface area contributed by atoms with Gasteiger partial charge in [-0.1, -0.05) is 37.6 Å². The second-order valence-corrected chi connectivity index (χ2v) is 4.69. The highest BCUT2D eigenvalue weighted by Gasteiger charge is 2.19. The first-order valence-corrected chi connectivity index (χ1v) is 5.40. The molecule has 0 radical (unpaired) electrons. The van der Waals surface area contributed by atoms with E-state index in [0.29, 0.717) is 6.73 Å². The molecule has 0 spiro atoms. The van der Waals surface area contributed by atoms with Crippen LogP contribution in [0.4, 0.5) is 0 Å². The topological polar surface area (TPSA) is 21.3 Å². The molecular weight excluding hydrogens is 210 g/mol. The zero-order chi connectivity index (χ0) is 11.3. The van der Waals surface area contributed by atoms with Crippen molar-refractivity contribution in [2.24, 2.45) is 0 Å². The maximum Gasteiger partial charge on any atom is 0.0961 e. The van der Waals surface area contributed by atoms with Gasteiger partial charge in [-0.25, -0.2) is 0 Å². The van der Waals surface area contributed by atoms with Crippen LogP contribution in [-0.2, 0) is 10.2 Å².